The average Bonchev–Trinajstić information content (AvgIpc) is 3.28. The molecule has 0 radical (unpaired) electrons. The van der Waals surface area contributed by atoms with Crippen molar-refractivity contribution in [3.63, 3.8) is 0 Å². The van der Waals surface area contributed by atoms with Gasteiger partial charge in [0, 0.05) is 0 Å². The molecule has 0 aliphatic rings. The van der Waals surface area contributed by atoms with E-state index in [0.717, 1.165) is 15.2 Å². The van der Waals surface area contributed by atoms with Crippen LogP contribution in [0.2, 0.25) is 0 Å². The molecule has 0 unspecified atom stereocenters. The fraction of sp³-hybridized carbons (Fsp3) is 0.150. The molecular formula is C20H15FN2O3S2. The van der Waals surface area contributed by atoms with E-state index in [9.17, 15) is 9.18 Å². The highest BCUT2D eigenvalue weighted by Crippen LogP contribution is 2.24. The number of benzene rings is 2. The summed E-state index contributed by atoms with van der Waals surface area (Å²) in [5, 5.41) is 1.39. The zero-order valence-electron chi connectivity index (χ0n) is 14.8. The largest absolute Gasteiger partial charge is 0.486 e. The maximum Gasteiger partial charge on any atom is 0.350 e. The molecule has 0 saturated heterocycles. The molecule has 4 aromatic rings. The van der Waals surface area contributed by atoms with E-state index in [4.69, 9.17) is 9.47 Å². The quantitative estimate of drug-likeness (QED) is 0.409. The maximum atomic E-state index is 12.9. The van der Waals surface area contributed by atoms with E-state index in [-0.39, 0.29) is 19.0 Å². The number of carbonyl (C=O) groups excluding carboxylic acids is 1. The molecular weight excluding hydrogens is 399 g/mol. The minimum atomic E-state index is -0.428. The molecule has 0 spiro atoms. The first-order chi connectivity index (χ1) is 13.6. The molecule has 0 aliphatic heterocycles. The second kappa shape index (κ2) is 8.04. The van der Waals surface area contributed by atoms with E-state index in [1.165, 1.54) is 34.8 Å². The van der Waals surface area contributed by atoms with Crippen LogP contribution in [-0.2, 0) is 18.0 Å². The molecule has 0 amide bonds. The van der Waals surface area contributed by atoms with Crippen molar-refractivity contribution >= 4 is 38.9 Å². The van der Waals surface area contributed by atoms with Crippen molar-refractivity contribution in [3.8, 4) is 5.75 Å². The Morgan fingerprint density at radius 1 is 1.00 bits per heavy atom. The van der Waals surface area contributed by atoms with Gasteiger partial charge >= 0.3 is 5.97 Å². The lowest BCUT2D eigenvalue weighted by atomic mass is 10.3. The molecule has 0 N–H and O–H groups in total. The summed E-state index contributed by atoms with van der Waals surface area (Å²) in [6, 6.07) is 13.5. The van der Waals surface area contributed by atoms with Crippen molar-refractivity contribution < 1.29 is 18.7 Å². The molecule has 0 saturated carbocycles. The molecule has 2 aromatic heterocycles. The van der Waals surface area contributed by atoms with Gasteiger partial charge in [0.25, 0.3) is 0 Å². The summed E-state index contributed by atoms with van der Waals surface area (Å²) < 4.78 is 25.0. The van der Waals surface area contributed by atoms with Crippen molar-refractivity contribution in [3.05, 3.63) is 74.9 Å². The standard InChI is InChI=1S/C20H15FN2O3S2/c1-12-19(28-17(22-12)10-25-14-8-6-13(21)7-9-14)20(24)26-11-18-23-15-4-2-3-5-16(15)27-18/h2-9H,10-11H2,1H3. The Labute approximate surface area is 168 Å². The van der Waals surface area contributed by atoms with Crippen LogP contribution in [0.3, 0.4) is 0 Å². The fourth-order valence-electron chi connectivity index (χ4n) is 2.55. The van der Waals surface area contributed by atoms with Crippen LogP contribution in [0.5, 0.6) is 5.75 Å². The molecule has 0 fully saturated rings. The molecule has 0 bridgehead atoms. The summed E-state index contributed by atoms with van der Waals surface area (Å²) >= 11 is 2.73. The lowest BCUT2D eigenvalue weighted by Gasteiger charge is -2.03. The molecule has 5 nitrogen and oxygen atoms in total. The van der Waals surface area contributed by atoms with Gasteiger partial charge in [0.1, 0.15) is 39.7 Å². The van der Waals surface area contributed by atoms with E-state index >= 15 is 0 Å². The van der Waals surface area contributed by atoms with Gasteiger partial charge in [0.2, 0.25) is 0 Å². The highest BCUT2D eigenvalue weighted by atomic mass is 32.1. The van der Waals surface area contributed by atoms with Gasteiger partial charge in [-0.1, -0.05) is 12.1 Å². The third kappa shape index (κ3) is 4.18. The number of fused-ring (bicyclic) bond motifs is 1. The summed E-state index contributed by atoms with van der Waals surface area (Å²) in [5.41, 5.74) is 1.49. The van der Waals surface area contributed by atoms with Crippen molar-refractivity contribution in [2.75, 3.05) is 0 Å². The zero-order chi connectivity index (χ0) is 19.5. The summed E-state index contributed by atoms with van der Waals surface area (Å²) in [4.78, 5) is 21.7. The van der Waals surface area contributed by atoms with E-state index in [1.54, 1.807) is 19.1 Å². The zero-order valence-corrected chi connectivity index (χ0v) is 16.5. The lowest BCUT2D eigenvalue weighted by Crippen LogP contribution is -2.04. The van der Waals surface area contributed by atoms with Gasteiger partial charge in [-0.15, -0.1) is 22.7 Å². The van der Waals surface area contributed by atoms with Gasteiger partial charge in [-0.25, -0.2) is 19.2 Å². The smallest absolute Gasteiger partial charge is 0.350 e. The van der Waals surface area contributed by atoms with Crippen LogP contribution in [0.1, 0.15) is 25.4 Å². The molecule has 4 rings (SSSR count). The van der Waals surface area contributed by atoms with E-state index in [1.807, 2.05) is 24.3 Å². The Kier molecular flexibility index (Phi) is 5.31. The monoisotopic (exact) mass is 414 g/mol. The number of nitrogens with zero attached hydrogens (tertiary/aromatic N) is 2. The van der Waals surface area contributed by atoms with Crippen molar-refractivity contribution in [1.82, 2.24) is 9.97 Å². The first-order valence-electron chi connectivity index (χ1n) is 8.45. The predicted molar refractivity (Wildman–Crippen MR) is 106 cm³/mol. The number of ether oxygens (including phenoxy) is 2. The van der Waals surface area contributed by atoms with Crippen LogP contribution in [0.15, 0.2) is 48.5 Å². The second-order valence-corrected chi connectivity index (χ2v) is 8.12. The van der Waals surface area contributed by atoms with Crippen LogP contribution < -0.4 is 4.74 Å². The third-order valence-corrected chi connectivity index (χ3v) is 5.99. The Morgan fingerprint density at radius 2 is 1.75 bits per heavy atom. The molecule has 8 heteroatoms. The highest BCUT2D eigenvalue weighted by molar-refractivity contribution is 7.18. The Hall–Kier alpha value is -2.84. The van der Waals surface area contributed by atoms with Crippen LogP contribution in [0.4, 0.5) is 4.39 Å². The maximum absolute atomic E-state index is 12.9. The van der Waals surface area contributed by atoms with Gasteiger partial charge in [-0.05, 0) is 43.3 Å². The number of rotatable bonds is 6. The van der Waals surface area contributed by atoms with Crippen molar-refractivity contribution in [1.29, 1.82) is 0 Å². The minimum Gasteiger partial charge on any atom is -0.486 e. The number of hydrogen-bond donors (Lipinski definition) is 0. The van der Waals surface area contributed by atoms with Crippen LogP contribution in [-0.4, -0.2) is 15.9 Å². The van der Waals surface area contributed by atoms with Crippen molar-refractivity contribution in [2.24, 2.45) is 0 Å². The van der Waals surface area contributed by atoms with Gasteiger partial charge in [-0.3, -0.25) is 0 Å². The van der Waals surface area contributed by atoms with Crippen molar-refractivity contribution in [2.45, 2.75) is 20.1 Å². The summed E-state index contributed by atoms with van der Waals surface area (Å²) in [7, 11) is 0. The topological polar surface area (TPSA) is 61.3 Å². The van der Waals surface area contributed by atoms with E-state index in [2.05, 4.69) is 9.97 Å². The number of aromatic nitrogens is 2. The lowest BCUT2D eigenvalue weighted by molar-refractivity contribution is 0.0477. The van der Waals surface area contributed by atoms with Gasteiger partial charge in [0.05, 0.1) is 15.9 Å². The molecule has 28 heavy (non-hydrogen) atoms. The number of para-hydroxylation sites is 1. The predicted octanol–water partition coefficient (Wildman–Crippen LogP) is 5.14. The van der Waals surface area contributed by atoms with Crippen LogP contribution in [0.25, 0.3) is 10.2 Å². The SMILES string of the molecule is Cc1nc(COc2ccc(F)cc2)sc1C(=O)OCc1nc2ccccc2s1. The van der Waals surface area contributed by atoms with Crippen LogP contribution in [0, 0.1) is 12.7 Å². The second-order valence-electron chi connectivity index (χ2n) is 5.92. The first-order valence-corrected chi connectivity index (χ1v) is 10.1. The summed E-state index contributed by atoms with van der Waals surface area (Å²) in [6.07, 6.45) is 0. The Bertz CT molecular complexity index is 1090. The highest BCUT2D eigenvalue weighted by Gasteiger charge is 2.18. The summed E-state index contributed by atoms with van der Waals surface area (Å²) in [5.74, 6) is -0.216. The number of thiazole rings is 2. The molecule has 2 aromatic carbocycles. The van der Waals surface area contributed by atoms with E-state index in [0.29, 0.717) is 21.3 Å². The van der Waals surface area contributed by atoms with E-state index < -0.39 is 5.97 Å². The average molecular weight is 414 g/mol. The number of halogens is 1. The normalized spacial score (nSPS) is 10.9. The van der Waals surface area contributed by atoms with Gasteiger partial charge in [0.15, 0.2) is 0 Å². The minimum absolute atomic E-state index is 0.122. The fourth-order valence-corrected chi connectivity index (χ4v) is 4.31. The van der Waals surface area contributed by atoms with Gasteiger partial charge in [-0.2, -0.15) is 0 Å². The van der Waals surface area contributed by atoms with Crippen LogP contribution >= 0.6 is 22.7 Å². The number of hydrogen-bond acceptors (Lipinski definition) is 7. The molecule has 2 heterocycles. The number of aryl methyl sites for hydroxylation is 1. The molecule has 142 valence electrons. The van der Waals surface area contributed by atoms with Gasteiger partial charge < -0.3 is 9.47 Å². The third-order valence-electron chi connectivity index (χ3n) is 3.87. The Morgan fingerprint density at radius 3 is 2.54 bits per heavy atom. The Balaban J connectivity index is 1.38. The summed E-state index contributed by atoms with van der Waals surface area (Å²) in [6.45, 7) is 2.07. The first kappa shape index (κ1) is 18.5. The molecule has 0 aliphatic carbocycles. The number of esters is 1. The number of carbonyl (C=O) groups is 1. The molecule has 0 atom stereocenters.